The molecule has 1 saturated heterocycles. The number of carbonyl (C=O) groups excluding carboxylic acids is 2. The number of imidazole rings is 1. The third-order valence-corrected chi connectivity index (χ3v) is 4.47. The first-order chi connectivity index (χ1) is 12.2. The largest absolute Gasteiger partial charge is 0.346 e. The molecule has 1 fully saturated rings. The van der Waals surface area contributed by atoms with Crippen LogP contribution < -0.4 is 5.32 Å². The predicted molar refractivity (Wildman–Crippen MR) is 95.7 cm³/mol. The van der Waals surface area contributed by atoms with Gasteiger partial charge in [-0.2, -0.15) is 0 Å². The van der Waals surface area contributed by atoms with Crippen LogP contribution in [0.2, 0.25) is 0 Å². The zero-order valence-electron chi connectivity index (χ0n) is 14.4. The zero-order valence-corrected chi connectivity index (χ0v) is 14.4. The molecule has 1 aliphatic rings. The SMILES string of the molecule is C=CCNC(=O)c1nc(C(=O)N2CCN(CC)CC2)c2ccccn12. The van der Waals surface area contributed by atoms with Crippen molar-refractivity contribution in [3.63, 3.8) is 0 Å². The fourth-order valence-corrected chi connectivity index (χ4v) is 3.02. The van der Waals surface area contributed by atoms with E-state index in [0.29, 0.717) is 30.8 Å². The molecule has 0 aliphatic carbocycles. The fourth-order valence-electron chi connectivity index (χ4n) is 3.02. The summed E-state index contributed by atoms with van der Waals surface area (Å²) in [4.78, 5) is 33.8. The zero-order chi connectivity index (χ0) is 17.8. The van der Waals surface area contributed by atoms with E-state index in [9.17, 15) is 9.59 Å². The van der Waals surface area contributed by atoms with Gasteiger partial charge >= 0.3 is 0 Å². The second-order valence-corrected chi connectivity index (χ2v) is 5.97. The predicted octanol–water partition coefficient (Wildman–Crippen LogP) is 1.03. The summed E-state index contributed by atoms with van der Waals surface area (Å²) in [6.07, 6.45) is 3.35. The highest BCUT2D eigenvalue weighted by atomic mass is 16.2. The van der Waals surface area contributed by atoms with Gasteiger partial charge in [-0.05, 0) is 18.7 Å². The Morgan fingerprint density at radius 2 is 2.04 bits per heavy atom. The van der Waals surface area contributed by atoms with Gasteiger partial charge in [-0.25, -0.2) is 4.98 Å². The van der Waals surface area contributed by atoms with Crippen molar-refractivity contribution in [2.75, 3.05) is 39.3 Å². The van der Waals surface area contributed by atoms with Crippen LogP contribution in [-0.4, -0.2) is 70.3 Å². The number of nitrogens with zero attached hydrogens (tertiary/aromatic N) is 4. The molecule has 0 aromatic carbocycles. The van der Waals surface area contributed by atoms with E-state index in [2.05, 4.69) is 28.7 Å². The van der Waals surface area contributed by atoms with Gasteiger partial charge in [0, 0.05) is 38.9 Å². The molecule has 7 nitrogen and oxygen atoms in total. The van der Waals surface area contributed by atoms with Crippen molar-refractivity contribution < 1.29 is 9.59 Å². The Balaban J connectivity index is 1.90. The molecule has 2 aromatic rings. The number of amides is 2. The van der Waals surface area contributed by atoms with Gasteiger partial charge in [0.05, 0.1) is 5.52 Å². The van der Waals surface area contributed by atoms with Crippen LogP contribution in [0.1, 0.15) is 28.0 Å². The quantitative estimate of drug-likeness (QED) is 0.825. The summed E-state index contributed by atoms with van der Waals surface area (Å²) in [6, 6.07) is 5.47. The van der Waals surface area contributed by atoms with E-state index in [4.69, 9.17) is 0 Å². The first-order valence-corrected chi connectivity index (χ1v) is 8.53. The molecule has 7 heteroatoms. The van der Waals surface area contributed by atoms with Gasteiger partial charge in [-0.3, -0.25) is 14.0 Å². The molecular weight excluding hydrogens is 318 g/mol. The fraction of sp³-hybridized carbons (Fsp3) is 0.389. The number of rotatable bonds is 5. The molecule has 0 atom stereocenters. The second kappa shape index (κ2) is 7.48. The lowest BCUT2D eigenvalue weighted by molar-refractivity contribution is 0.0640. The Bertz CT molecular complexity index is 790. The summed E-state index contributed by atoms with van der Waals surface area (Å²) in [5.41, 5.74) is 0.975. The van der Waals surface area contributed by atoms with Gasteiger partial charge in [-0.15, -0.1) is 6.58 Å². The monoisotopic (exact) mass is 341 g/mol. The Labute approximate surface area is 146 Å². The Hall–Kier alpha value is -2.67. The van der Waals surface area contributed by atoms with Gasteiger partial charge in [0.15, 0.2) is 5.69 Å². The molecule has 1 N–H and O–H groups in total. The average Bonchev–Trinajstić information content (AvgIpc) is 3.05. The second-order valence-electron chi connectivity index (χ2n) is 5.97. The molecule has 0 unspecified atom stereocenters. The van der Waals surface area contributed by atoms with Gasteiger partial charge in [0.1, 0.15) is 0 Å². The van der Waals surface area contributed by atoms with E-state index in [1.54, 1.807) is 16.7 Å². The van der Waals surface area contributed by atoms with Crippen LogP contribution in [0.15, 0.2) is 37.1 Å². The minimum Gasteiger partial charge on any atom is -0.346 e. The van der Waals surface area contributed by atoms with E-state index in [1.807, 2.05) is 23.1 Å². The summed E-state index contributed by atoms with van der Waals surface area (Å²) in [5.74, 6) is -0.230. The molecule has 132 valence electrons. The van der Waals surface area contributed by atoms with Crippen LogP contribution in [0.25, 0.3) is 5.52 Å². The van der Waals surface area contributed by atoms with E-state index in [0.717, 1.165) is 19.6 Å². The number of aromatic nitrogens is 2. The summed E-state index contributed by atoms with van der Waals surface area (Å²) < 4.78 is 1.66. The number of hydrogen-bond acceptors (Lipinski definition) is 4. The summed E-state index contributed by atoms with van der Waals surface area (Å²) in [6.45, 7) is 10.1. The van der Waals surface area contributed by atoms with E-state index in [-0.39, 0.29) is 17.6 Å². The average molecular weight is 341 g/mol. The number of pyridine rings is 1. The van der Waals surface area contributed by atoms with Crippen LogP contribution in [0.5, 0.6) is 0 Å². The topological polar surface area (TPSA) is 70.0 Å². The van der Waals surface area contributed by atoms with E-state index < -0.39 is 0 Å². The normalized spacial score (nSPS) is 15.3. The highest BCUT2D eigenvalue weighted by Crippen LogP contribution is 2.16. The van der Waals surface area contributed by atoms with Crippen molar-refractivity contribution in [2.24, 2.45) is 0 Å². The molecule has 25 heavy (non-hydrogen) atoms. The van der Waals surface area contributed by atoms with Crippen LogP contribution in [-0.2, 0) is 0 Å². The number of likely N-dealkylation sites (N-methyl/N-ethyl adjacent to an activating group) is 1. The summed E-state index contributed by atoms with van der Waals surface area (Å²) >= 11 is 0. The van der Waals surface area contributed by atoms with Gasteiger partial charge in [-0.1, -0.05) is 19.1 Å². The number of hydrogen-bond donors (Lipinski definition) is 1. The third-order valence-electron chi connectivity index (χ3n) is 4.47. The lowest BCUT2D eigenvalue weighted by Crippen LogP contribution is -2.48. The Kier molecular flexibility index (Phi) is 5.14. The number of piperazine rings is 1. The van der Waals surface area contributed by atoms with Crippen molar-refractivity contribution in [3.05, 3.63) is 48.6 Å². The lowest BCUT2D eigenvalue weighted by Gasteiger charge is -2.33. The van der Waals surface area contributed by atoms with Gasteiger partial charge in [0.2, 0.25) is 5.82 Å². The van der Waals surface area contributed by atoms with Crippen molar-refractivity contribution in [3.8, 4) is 0 Å². The number of carbonyl (C=O) groups is 2. The number of nitrogens with one attached hydrogen (secondary N) is 1. The number of fused-ring (bicyclic) bond motifs is 1. The molecule has 1 aliphatic heterocycles. The van der Waals surface area contributed by atoms with Crippen LogP contribution in [0.4, 0.5) is 0 Å². The minimum absolute atomic E-state index is 0.123. The van der Waals surface area contributed by atoms with Crippen molar-refractivity contribution in [1.82, 2.24) is 24.5 Å². The van der Waals surface area contributed by atoms with Gasteiger partial charge < -0.3 is 15.1 Å². The highest BCUT2D eigenvalue weighted by molar-refractivity contribution is 6.02. The lowest BCUT2D eigenvalue weighted by atomic mass is 10.2. The molecule has 2 amide bonds. The van der Waals surface area contributed by atoms with E-state index >= 15 is 0 Å². The van der Waals surface area contributed by atoms with Crippen molar-refractivity contribution in [2.45, 2.75) is 6.92 Å². The standard InChI is InChI=1S/C18H23N5O2/c1-3-8-19-17(24)16-20-15(14-7-5-6-9-23(14)16)18(25)22-12-10-21(4-2)11-13-22/h3,5-7,9H,1,4,8,10-13H2,2H3,(H,19,24). The highest BCUT2D eigenvalue weighted by Gasteiger charge is 2.27. The van der Waals surface area contributed by atoms with Crippen LogP contribution >= 0.6 is 0 Å². The van der Waals surface area contributed by atoms with Crippen LogP contribution in [0, 0.1) is 0 Å². The van der Waals surface area contributed by atoms with Crippen molar-refractivity contribution in [1.29, 1.82) is 0 Å². The molecule has 3 heterocycles. The molecule has 0 spiro atoms. The first-order valence-electron chi connectivity index (χ1n) is 8.53. The molecule has 0 bridgehead atoms. The molecular formula is C18H23N5O2. The maximum Gasteiger partial charge on any atom is 0.287 e. The van der Waals surface area contributed by atoms with E-state index in [1.165, 1.54) is 0 Å². The smallest absolute Gasteiger partial charge is 0.287 e. The first kappa shape index (κ1) is 17.2. The molecule has 3 rings (SSSR count). The summed E-state index contributed by atoms with van der Waals surface area (Å²) in [7, 11) is 0. The molecule has 2 aromatic heterocycles. The third kappa shape index (κ3) is 3.41. The Morgan fingerprint density at radius 3 is 2.72 bits per heavy atom. The minimum atomic E-state index is -0.323. The Morgan fingerprint density at radius 1 is 1.28 bits per heavy atom. The maximum atomic E-state index is 12.9. The molecule has 0 radical (unpaired) electrons. The van der Waals surface area contributed by atoms with Crippen molar-refractivity contribution >= 4 is 17.3 Å². The maximum absolute atomic E-state index is 12.9. The van der Waals surface area contributed by atoms with Crippen LogP contribution in [0.3, 0.4) is 0 Å². The molecule has 0 saturated carbocycles. The van der Waals surface area contributed by atoms with Gasteiger partial charge in [0.25, 0.3) is 11.8 Å². The summed E-state index contributed by atoms with van der Waals surface area (Å²) in [5, 5.41) is 2.71.